The molecule has 1 unspecified atom stereocenters. The van der Waals surface area contributed by atoms with Crippen molar-refractivity contribution in [1.82, 2.24) is 9.80 Å². The molecule has 0 spiro atoms. The first kappa shape index (κ1) is 20.5. The fourth-order valence-corrected chi connectivity index (χ4v) is 2.84. The largest absolute Gasteiger partial charge is 0.388 e. The van der Waals surface area contributed by atoms with E-state index in [0.717, 1.165) is 43.7 Å². The van der Waals surface area contributed by atoms with Crippen LogP contribution in [0, 0.1) is 11.6 Å². The lowest BCUT2D eigenvalue weighted by atomic mass is 10.0. The number of benzene rings is 2. The van der Waals surface area contributed by atoms with E-state index in [9.17, 15) is 13.9 Å². The summed E-state index contributed by atoms with van der Waals surface area (Å²) in [5.41, 5.74) is 1.85. The monoisotopic (exact) mass is 362 g/mol. The van der Waals surface area contributed by atoms with Crippen molar-refractivity contribution in [2.24, 2.45) is 0 Å². The predicted molar refractivity (Wildman–Crippen MR) is 101 cm³/mol. The van der Waals surface area contributed by atoms with Gasteiger partial charge in [-0.1, -0.05) is 24.3 Å². The van der Waals surface area contributed by atoms with E-state index in [1.165, 1.54) is 24.3 Å². The Balaban J connectivity index is 1.62. The quantitative estimate of drug-likeness (QED) is 0.696. The van der Waals surface area contributed by atoms with E-state index in [1.807, 2.05) is 12.1 Å². The molecule has 0 saturated carbocycles. The van der Waals surface area contributed by atoms with Crippen molar-refractivity contribution in [3.63, 3.8) is 0 Å². The molecule has 0 heterocycles. The molecule has 1 N–H and O–H groups in total. The average molecular weight is 362 g/mol. The highest BCUT2D eigenvalue weighted by Crippen LogP contribution is 2.18. The molecule has 2 rings (SSSR count). The Kier molecular flexibility index (Phi) is 8.16. The average Bonchev–Trinajstić information content (AvgIpc) is 2.62. The first-order chi connectivity index (χ1) is 12.4. The Morgan fingerprint density at radius 3 is 1.96 bits per heavy atom. The number of nitrogens with zero attached hydrogens (tertiary/aromatic N) is 2. The van der Waals surface area contributed by atoms with Gasteiger partial charge in [0.05, 0.1) is 6.10 Å². The minimum atomic E-state index is -0.551. The van der Waals surface area contributed by atoms with Crippen LogP contribution in [0.15, 0.2) is 48.5 Å². The molecule has 0 bridgehead atoms. The summed E-state index contributed by atoms with van der Waals surface area (Å²) in [7, 11) is 4.12. The second-order valence-corrected chi connectivity index (χ2v) is 6.88. The highest BCUT2D eigenvalue weighted by Gasteiger charge is 2.09. The second kappa shape index (κ2) is 10.4. The van der Waals surface area contributed by atoms with Crippen molar-refractivity contribution in [3.05, 3.63) is 71.3 Å². The van der Waals surface area contributed by atoms with Gasteiger partial charge in [-0.05, 0) is 68.9 Å². The maximum Gasteiger partial charge on any atom is 0.123 e. The topological polar surface area (TPSA) is 26.7 Å². The van der Waals surface area contributed by atoms with Gasteiger partial charge in [0.15, 0.2) is 0 Å². The first-order valence-electron chi connectivity index (χ1n) is 8.99. The van der Waals surface area contributed by atoms with Crippen molar-refractivity contribution < 1.29 is 13.9 Å². The number of aliphatic hydroxyl groups excluding tert-OH is 1. The molecule has 0 saturated heterocycles. The third-order valence-electron chi connectivity index (χ3n) is 4.50. The van der Waals surface area contributed by atoms with Gasteiger partial charge >= 0.3 is 0 Å². The molecule has 26 heavy (non-hydrogen) atoms. The molecular weight excluding hydrogens is 334 g/mol. The van der Waals surface area contributed by atoms with Gasteiger partial charge in [0.25, 0.3) is 0 Å². The van der Waals surface area contributed by atoms with Gasteiger partial charge in [0, 0.05) is 19.6 Å². The summed E-state index contributed by atoms with van der Waals surface area (Å²) in [5, 5.41) is 10.2. The summed E-state index contributed by atoms with van der Waals surface area (Å²) in [4.78, 5) is 4.44. The van der Waals surface area contributed by atoms with E-state index >= 15 is 0 Å². The number of aliphatic hydroxyl groups is 1. The number of hydrogen-bond acceptors (Lipinski definition) is 3. The van der Waals surface area contributed by atoms with E-state index in [4.69, 9.17) is 0 Å². The Labute approximate surface area is 154 Å². The molecule has 0 aliphatic heterocycles. The van der Waals surface area contributed by atoms with Crippen LogP contribution in [-0.4, -0.2) is 48.6 Å². The third kappa shape index (κ3) is 7.20. The summed E-state index contributed by atoms with van der Waals surface area (Å²) in [5.74, 6) is -0.496. The Bertz CT molecular complexity index is 646. The van der Waals surface area contributed by atoms with Crippen LogP contribution in [0.5, 0.6) is 0 Å². The maximum absolute atomic E-state index is 12.9. The standard InChI is InChI=1S/C21H28F2N2O/c1-24(13-3-4-21(26)18-7-11-20(23)12-8-18)14-15-25(2)16-17-5-9-19(22)10-6-17/h5-12,21,26H,3-4,13-16H2,1-2H3. The molecule has 0 amide bonds. The Morgan fingerprint density at radius 1 is 0.808 bits per heavy atom. The van der Waals surface area contributed by atoms with Gasteiger partial charge in [-0.25, -0.2) is 8.78 Å². The zero-order chi connectivity index (χ0) is 18.9. The lowest BCUT2D eigenvalue weighted by Gasteiger charge is -2.22. The minimum absolute atomic E-state index is 0.209. The number of rotatable bonds is 10. The van der Waals surface area contributed by atoms with Crippen LogP contribution in [-0.2, 0) is 6.54 Å². The molecule has 0 radical (unpaired) electrons. The molecule has 5 heteroatoms. The molecule has 0 fully saturated rings. The van der Waals surface area contributed by atoms with Crippen LogP contribution in [0.3, 0.4) is 0 Å². The molecule has 2 aromatic rings. The van der Waals surface area contributed by atoms with Crippen molar-refractivity contribution in [2.45, 2.75) is 25.5 Å². The molecule has 142 valence electrons. The summed E-state index contributed by atoms with van der Waals surface area (Å²) in [6.07, 6.45) is 0.975. The minimum Gasteiger partial charge on any atom is -0.388 e. The molecule has 0 aliphatic rings. The van der Waals surface area contributed by atoms with Crippen LogP contribution in [0.1, 0.15) is 30.1 Å². The molecule has 3 nitrogen and oxygen atoms in total. The van der Waals surface area contributed by atoms with Gasteiger partial charge in [-0.15, -0.1) is 0 Å². The van der Waals surface area contributed by atoms with Crippen molar-refractivity contribution in [1.29, 1.82) is 0 Å². The molecule has 1 atom stereocenters. The fraction of sp³-hybridized carbons (Fsp3) is 0.429. The summed E-state index contributed by atoms with van der Waals surface area (Å²) < 4.78 is 25.8. The highest BCUT2D eigenvalue weighted by molar-refractivity contribution is 5.18. The van der Waals surface area contributed by atoms with Gasteiger partial charge in [0.1, 0.15) is 11.6 Å². The van der Waals surface area contributed by atoms with E-state index in [-0.39, 0.29) is 11.6 Å². The summed E-state index contributed by atoms with van der Waals surface area (Å²) in [6, 6.07) is 12.6. The molecule has 2 aromatic carbocycles. The van der Waals surface area contributed by atoms with Crippen LogP contribution in [0.25, 0.3) is 0 Å². The lowest BCUT2D eigenvalue weighted by molar-refractivity contribution is 0.156. The van der Waals surface area contributed by atoms with E-state index in [0.29, 0.717) is 6.42 Å². The molecule has 0 aliphatic carbocycles. The fourth-order valence-electron chi connectivity index (χ4n) is 2.84. The second-order valence-electron chi connectivity index (χ2n) is 6.88. The van der Waals surface area contributed by atoms with E-state index in [2.05, 4.69) is 23.9 Å². The number of halogens is 2. The van der Waals surface area contributed by atoms with Crippen molar-refractivity contribution >= 4 is 0 Å². The third-order valence-corrected chi connectivity index (χ3v) is 4.50. The predicted octanol–water partition coefficient (Wildman–Crippen LogP) is 3.84. The molecule has 0 aromatic heterocycles. The SMILES string of the molecule is CN(CCCC(O)c1ccc(F)cc1)CCN(C)Cc1ccc(F)cc1. The summed E-state index contributed by atoms with van der Waals surface area (Å²) >= 11 is 0. The zero-order valence-corrected chi connectivity index (χ0v) is 15.5. The first-order valence-corrected chi connectivity index (χ1v) is 8.99. The zero-order valence-electron chi connectivity index (χ0n) is 15.5. The van der Waals surface area contributed by atoms with Gasteiger partial charge < -0.3 is 14.9 Å². The van der Waals surface area contributed by atoms with Gasteiger partial charge in [-0.2, -0.15) is 0 Å². The van der Waals surface area contributed by atoms with Crippen LogP contribution >= 0.6 is 0 Å². The van der Waals surface area contributed by atoms with Gasteiger partial charge in [0.2, 0.25) is 0 Å². The summed E-state index contributed by atoms with van der Waals surface area (Å²) in [6.45, 7) is 3.51. The molecular formula is C21H28F2N2O. The normalized spacial score (nSPS) is 12.7. The maximum atomic E-state index is 12.9. The highest BCUT2D eigenvalue weighted by atomic mass is 19.1. The number of hydrogen-bond donors (Lipinski definition) is 1. The van der Waals surface area contributed by atoms with Crippen LogP contribution in [0.2, 0.25) is 0 Å². The number of likely N-dealkylation sites (N-methyl/N-ethyl adjacent to an activating group) is 2. The lowest BCUT2D eigenvalue weighted by Crippen LogP contribution is -2.31. The van der Waals surface area contributed by atoms with Crippen LogP contribution in [0.4, 0.5) is 8.78 Å². The Hall–Kier alpha value is -1.82. The van der Waals surface area contributed by atoms with Crippen molar-refractivity contribution in [2.75, 3.05) is 33.7 Å². The smallest absolute Gasteiger partial charge is 0.123 e. The van der Waals surface area contributed by atoms with Gasteiger partial charge in [-0.3, -0.25) is 0 Å². The van der Waals surface area contributed by atoms with E-state index < -0.39 is 6.10 Å². The van der Waals surface area contributed by atoms with Crippen LogP contribution < -0.4 is 0 Å². The Morgan fingerprint density at radius 2 is 1.35 bits per heavy atom. The van der Waals surface area contributed by atoms with E-state index in [1.54, 1.807) is 12.1 Å². The van der Waals surface area contributed by atoms with Crippen molar-refractivity contribution in [3.8, 4) is 0 Å².